The summed E-state index contributed by atoms with van der Waals surface area (Å²) in [4.78, 5) is 31.5. The van der Waals surface area contributed by atoms with Crippen LogP contribution in [0.1, 0.15) is 36.8 Å². The van der Waals surface area contributed by atoms with Crippen LogP contribution in [0.4, 0.5) is 4.39 Å². The summed E-state index contributed by atoms with van der Waals surface area (Å²) in [6.45, 7) is 4.81. The van der Waals surface area contributed by atoms with Crippen molar-refractivity contribution in [1.29, 1.82) is 0 Å². The predicted molar refractivity (Wildman–Crippen MR) is 122 cm³/mol. The molecule has 0 bridgehead atoms. The monoisotopic (exact) mass is 437 g/mol. The van der Waals surface area contributed by atoms with Gasteiger partial charge in [0, 0.05) is 64.2 Å². The second kappa shape index (κ2) is 10.7. The van der Waals surface area contributed by atoms with E-state index >= 15 is 0 Å². The predicted octanol–water partition coefficient (Wildman–Crippen LogP) is 3.69. The Labute approximate surface area is 189 Å². The zero-order chi connectivity index (χ0) is 22.3. The first kappa shape index (κ1) is 22.5. The molecule has 0 aromatic heterocycles. The Morgan fingerprint density at radius 2 is 1.59 bits per heavy atom. The largest absolute Gasteiger partial charge is 0.340 e. The Kier molecular flexibility index (Phi) is 7.53. The lowest BCUT2D eigenvalue weighted by molar-refractivity contribution is -0.134. The zero-order valence-electron chi connectivity index (χ0n) is 18.6. The lowest BCUT2D eigenvalue weighted by atomic mass is 9.96. The molecule has 0 N–H and O–H groups in total. The van der Waals surface area contributed by atoms with Crippen LogP contribution >= 0.6 is 0 Å². The molecule has 2 saturated heterocycles. The highest BCUT2D eigenvalue weighted by atomic mass is 19.1. The molecule has 2 fully saturated rings. The molecule has 0 radical (unpaired) electrons. The molecule has 0 saturated carbocycles. The van der Waals surface area contributed by atoms with Crippen molar-refractivity contribution in [3.05, 3.63) is 71.5 Å². The van der Waals surface area contributed by atoms with Crippen LogP contribution in [-0.4, -0.2) is 59.2 Å². The van der Waals surface area contributed by atoms with Crippen molar-refractivity contribution >= 4 is 11.8 Å². The number of hydrogen-bond donors (Lipinski definition) is 0. The summed E-state index contributed by atoms with van der Waals surface area (Å²) < 4.78 is 13.9. The SMILES string of the molecule is O=C(CC1CCC(=O)N(Cc2ccccc2)CC1)N1CCN(Cc2ccccc2F)CC1. The number of nitrogens with zero attached hydrogens (tertiary/aromatic N) is 3. The average molecular weight is 438 g/mol. The van der Waals surface area contributed by atoms with Gasteiger partial charge in [0.1, 0.15) is 5.82 Å². The van der Waals surface area contributed by atoms with Gasteiger partial charge in [-0.3, -0.25) is 14.5 Å². The number of carbonyl (C=O) groups excluding carboxylic acids is 2. The van der Waals surface area contributed by atoms with E-state index in [2.05, 4.69) is 4.90 Å². The molecule has 2 aliphatic rings. The number of likely N-dealkylation sites (tertiary alicyclic amines) is 1. The molecule has 32 heavy (non-hydrogen) atoms. The second-order valence-corrected chi connectivity index (χ2v) is 8.95. The molecule has 5 nitrogen and oxygen atoms in total. The summed E-state index contributed by atoms with van der Waals surface area (Å²) in [6, 6.07) is 16.9. The van der Waals surface area contributed by atoms with Gasteiger partial charge in [0.25, 0.3) is 0 Å². The van der Waals surface area contributed by atoms with Gasteiger partial charge in [0.05, 0.1) is 0 Å². The molecule has 6 heteroatoms. The first-order valence-electron chi connectivity index (χ1n) is 11.6. The summed E-state index contributed by atoms with van der Waals surface area (Å²) >= 11 is 0. The molecule has 170 valence electrons. The fourth-order valence-corrected chi connectivity index (χ4v) is 4.67. The van der Waals surface area contributed by atoms with Crippen LogP contribution in [0.25, 0.3) is 0 Å². The smallest absolute Gasteiger partial charge is 0.222 e. The molecule has 0 aliphatic carbocycles. The molecule has 0 spiro atoms. The Morgan fingerprint density at radius 3 is 2.34 bits per heavy atom. The van der Waals surface area contributed by atoms with Crippen molar-refractivity contribution in [1.82, 2.24) is 14.7 Å². The minimum absolute atomic E-state index is 0.171. The molecular formula is C26H32FN3O2. The Hall–Kier alpha value is -2.73. The molecule has 1 unspecified atom stereocenters. The van der Waals surface area contributed by atoms with E-state index in [1.807, 2.05) is 52.3 Å². The maximum absolute atomic E-state index is 13.9. The van der Waals surface area contributed by atoms with Crippen LogP contribution in [0, 0.1) is 11.7 Å². The number of hydrogen-bond acceptors (Lipinski definition) is 3. The maximum atomic E-state index is 13.9. The molecule has 4 rings (SSSR count). The number of benzene rings is 2. The fourth-order valence-electron chi connectivity index (χ4n) is 4.67. The van der Waals surface area contributed by atoms with Gasteiger partial charge >= 0.3 is 0 Å². The van der Waals surface area contributed by atoms with Crippen LogP contribution in [0.15, 0.2) is 54.6 Å². The van der Waals surface area contributed by atoms with Crippen molar-refractivity contribution < 1.29 is 14.0 Å². The minimum atomic E-state index is -0.171. The van der Waals surface area contributed by atoms with E-state index in [-0.39, 0.29) is 23.5 Å². The lowest BCUT2D eigenvalue weighted by Gasteiger charge is -2.35. The molecule has 2 aromatic rings. The van der Waals surface area contributed by atoms with Crippen molar-refractivity contribution in [3.8, 4) is 0 Å². The third-order valence-corrected chi connectivity index (χ3v) is 6.68. The fraction of sp³-hybridized carbons (Fsp3) is 0.462. The van der Waals surface area contributed by atoms with Gasteiger partial charge in [0.2, 0.25) is 11.8 Å². The third kappa shape index (κ3) is 5.94. The van der Waals surface area contributed by atoms with Crippen molar-refractivity contribution in [3.63, 3.8) is 0 Å². The van der Waals surface area contributed by atoms with E-state index in [9.17, 15) is 14.0 Å². The Balaban J connectivity index is 1.23. The normalized spacial score (nSPS) is 20.3. The number of carbonyl (C=O) groups is 2. The number of rotatable bonds is 6. The van der Waals surface area contributed by atoms with E-state index in [1.54, 1.807) is 6.07 Å². The van der Waals surface area contributed by atoms with Crippen LogP contribution in [0.2, 0.25) is 0 Å². The van der Waals surface area contributed by atoms with Crippen LogP contribution in [0.5, 0.6) is 0 Å². The molecule has 1 atom stereocenters. The van der Waals surface area contributed by atoms with Crippen LogP contribution in [-0.2, 0) is 22.7 Å². The lowest BCUT2D eigenvalue weighted by Crippen LogP contribution is -2.48. The standard InChI is InChI=1S/C26H32FN3O2/c27-24-9-5-4-8-23(24)20-28-14-16-29(17-15-28)26(32)18-21-10-11-25(31)30(13-12-21)19-22-6-2-1-3-7-22/h1-9,21H,10-20H2. The summed E-state index contributed by atoms with van der Waals surface area (Å²) in [7, 11) is 0. The van der Waals surface area contributed by atoms with E-state index in [1.165, 1.54) is 6.07 Å². The first-order valence-corrected chi connectivity index (χ1v) is 11.6. The van der Waals surface area contributed by atoms with Gasteiger partial charge in [-0.05, 0) is 30.4 Å². The summed E-state index contributed by atoms with van der Waals surface area (Å²) in [5, 5.41) is 0. The van der Waals surface area contributed by atoms with Crippen molar-refractivity contribution in [2.45, 2.75) is 38.8 Å². The van der Waals surface area contributed by atoms with Crippen molar-refractivity contribution in [2.75, 3.05) is 32.7 Å². The van der Waals surface area contributed by atoms with Crippen LogP contribution in [0.3, 0.4) is 0 Å². The van der Waals surface area contributed by atoms with E-state index in [4.69, 9.17) is 0 Å². The molecule has 2 amide bonds. The van der Waals surface area contributed by atoms with Crippen LogP contribution < -0.4 is 0 Å². The van der Waals surface area contributed by atoms with E-state index in [0.29, 0.717) is 51.1 Å². The quantitative estimate of drug-likeness (QED) is 0.692. The molecule has 2 aliphatic heterocycles. The maximum Gasteiger partial charge on any atom is 0.222 e. The van der Waals surface area contributed by atoms with Gasteiger partial charge in [-0.1, -0.05) is 48.5 Å². The second-order valence-electron chi connectivity index (χ2n) is 8.95. The van der Waals surface area contributed by atoms with Gasteiger partial charge in [-0.25, -0.2) is 4.39 Å². The minimum Gasteiger partial charge on any atom is -0.340 e. The topological polar surface area (TPSA) is 43.9 Å². The number of amides is 2. The van der Waals surface area contributed by atoms with E-state index < -0.39 is 0 Å². The van der Waals surface area contributed by atoms with E-state index in [0.717, 1.165) is 31.5 Å². The van der Waals surface area contributed by atoms with Gasteiger partial charge in [-0.2, -0.15) is 0 Å². The van der Waals surface area contributed by atoms with Gasteiger partial charge in [-0.15, -0.1) is 0 Å². The first-order chi connectivity index (χ1) is 15.6. The Bertz CT molecular complexity index is 912. The van der Waals surface area contributed by atoms with Gasteiger partial charge in [0.15, 0.2) is 0 Å². The highest BCUT2D eigenvalue weighted by Crippen LogP contribution is 2.24. The van der Waals surface area contributed by atoms with Crippen molar-refractivity contribution in [2.24, 2.45) is 5.92 Å². The number of halogens is 1. The van der Waals surface area contributed by atoms with Gasteiger partial charge < -0.3 is 9.80 Å². The Morgan fingerprint density at radius 1 is 0.875 bits per heavy atom. The highest BCUT2D eigenvalue weighted by Gasteiger charge is 2.27. The highest BCUT2D eigenvalue weighted by molar-refractivity contribution is 5.78. The summed E-state index contributed by atoms with van der Waals surface area (Å²) in [5.74, 6) is 0.453. The summed E-state index contributed by atoms with van der Waals surface area (Å²) in [5.41, 5.74) is 1.85. The molecule has 2 heterocycles. The number of piperazine rings is 1. The third-order valence-electron chi connectivity index (χ3n) is 6.68. The zero-order valence-corrected chi connectivity index (χ0v) is 18.6. The molecule has 2 aromatic carbocycles. The average Bonchev–Trinajstić information content (AvgIpc) is 2.98. The summed E-state index contributed by atoms with van der Waals surface area (Å²) in [6.07, 6.45) is 2.68. The molecular weight excluding hydrogens is 405 g/mol.